The Morgan fingerprint density at radius 3 is 2.74 bits per heavy atom. The lowest BCUT2D eigenvalue weighted by Crippen LogP contribution is -2.65. The Morgan fingerprint density at radius 1 is 1.22 bits per heavy atom. The molecule has 0 bridgehead atoms. The molecule has 0 aromatic carbocycles. The van der Waals surface area contributed by atoms with Gasteiger partial charge in [-0.1, -0.05) is 11.6 Å². The van der Waals surface area contributed by atoms with Crippen molar-refractivity contribution in [2.45, 2.75) is 56.2 Å². The van der Waals surface area contributed by atoms with Crippen LogP contribution in [-0.4, -0.2) is 68.9 Å². The highest BCUT2D eigenvalue weighted by Gasteiger charge is 2.71. The molecule has 7 nitrogen and oxygen atoms in total. The Kier molecular flexibility index (Phi) is 3.62. The first-order valence-electron chi connectivity index (χ1n) is 8.76. The number of hydrogen-bond acceptors (Lipinski definition) is 6. The highest BCUT2D eigenvalue weighted by Crippen LogP contribution is 2.52. The molecular weight excluding hydrogens is 298 g/mol. The molecule has 2 aliphatic heterocycles. The predicted octanol–water partition coefficient (Wildman–Crippen LogP) is 0.915. The number of fused-ring (bicyclic) bond motifs is 3. The second kappa shape index (κ2) is 5.43. The second-order valence-corrected chi connectivity index (χ2v) is 7.18. The van der Waals surface area contributed by atoms with Gasteiger partial charge in [-0.05, 0) is 25.7 Å². The number of ether oxygens (including phenoxy) is 1. The van der Waals surface area contributed by atoms with Crippen molar-refractivity contribution in [3.05, 3.63) is 5.21 Å². The molecule has 2 aliphatic carbocycles. The fourth-order valence-corrected chi connectivity index (χ4v) is 5.37. The summed E-state index contributed by atoms with van der Waals surface area (Å²) in [6, 6.07) is 0. The Hall–Kier alpha value is -1.18. The fraction of sp³-hybridized carbons (Fsp3) is 0.875. The van der Waals surface area contributed by atoms with E-state index in [-0.39, 0.29) is 5.92 Å². The molecule has 2 heterocycles. The molecule has 4 rings (SSSR count). The maximum Gasteiger partial charge on any atom is 0.235 e. The van der Waals surface area contributed by atoms with Crippen LogP contribution in [0.5, 0.6) is 0 Å². The first-order valence-corrected chi connectivity index (χ1v) is 8.76. The van der Waals surface area contributed by atoms with E-state index in [9.17, 15) is 15.5 Å². The molecule has 2 saturated carbocycles. The van der Waals surface area contributed by atoms with Crippen molar-refractivity contribution in [1.82, 2.24) is 4.90 Å². The smallest absolute Gasteiger partial charge is 0.235 e. The van der Waals surface area contributed by atoms with Gasteiger partial charge in [0, 0.05) is 25.9 Å². The zero-order valence-electron chi connectivity index (χ0n) is 13.4. The fourth-order valence-electron chi connectivity index (χ4n) is 5.37. The number of rotatable bonds is 1. The standard InChI is InChI=1S/C16H25N3O4/c20-16-12-4-1-2-7-15(12,18-8-10-23-11-9-18)19(22)14(16)6-3-5-13(16)17-21/h12,20-21H,1-11H2/b17-13+/t12-,15-,16-/m1/s1. The van der Waals surface area contributed by atoms with Crippen molar-refractivity contribution in [3.63, 3.8) is 0 Å². The molecule has 0 aromatic rings. The van der Waals surface area contributed by atoms with Crippen molar-refractivity contribution >= 4 is 11.4 Å². The van der Waals surface area contributed by atoms with Crippen LogP contribution in [0.25, 0.3) is 0 Å². The number of aliphatic hydroxyl groups is 1. The summed E-state index contributed by atoms with van der Waals surface area (Å²) in [5.41, 5.74) is -1.18. The molecule has 4 aliphatic rings. The normalized spacial score (nSPS) is 43.5. The number of oxime groups is 1. The second-order valence-electron chi connectivity index (χ2n) is 7.18. The zero-order valence-corrected chi connectivity index (χ0v) is 13.4. The van der Waals surface area contributed by atoms with E-state index in [4.69, 9.17) is 4.74 Å². The van der Waals surface area contributed by atoms with E-state index in [1.165, 1.54) is 0 Å². The van der Waals surface area contributed by atoms with Gasteiger partial charge in [-0.2, -0.15) is 4.74 Å². The van der Waals surface area contributed by atoms with E-state index in [1.54, 1.807) is 0 Å². The van der Waals surface area contributed by atoms with Gasteiger partial charge in [0.05, 0.1) is 24.8 Å². The van der Waals surface area contributed by atoms with Crippen LogP contribution in [0.15, 0.2) is 5.16 Å². The summed E-state index contributed by atoms with van der Waals surface area (Å²) in [5, 5.41) is 37.7. The van der Waals surface area contributed by atoms with Crippen molar-refractivity contribution in [2.75, 3.05) is 26.3 Å². The summed E-state index contributed by atoms with van der Waals surface area (Å²) in [5.74, 6) is -0.222. The molecule has 0 amide bonds. The van der Waals surface area contributed by atoms with Gasteiger partial charge in [-0.15, -0.1) is 0 Å². The molecule has 0 spiro atoms. The summed E-state index contributed by atoms with van der Waals surface area (Å²) < 4.78 is 6.57. The van der Waals surface area contributed by atoms with Gasteiger partial charge in [0.15, 0.2) is 5.60 Å². The van der Waals surface area contributed by atoms with Gasteiger partial charge in [-0.25, -0.2) is 4.90 Å². The highest BCUT2D eigenvalue weighted by atomic mass is 16.5. The average molecular weight is 323 g/mol. The molecule has 0 unspecified atom stereocenters. The SMILES string of the molecule is [O-][N+]1=C2CCC/C(=N\O)[C@]2(O)[C@@H]2CCCC[C@]21N1CCOCC1. The number of hydrogen-bond donors (Lipinski definition) is 2. The van der Waals surface area contributed by atoms with Crippen molar-refractivity contribution < 1.29 is 19.8 Å². The lowest BCUT2D eigenvalue weighted by molar-refractivity contribution is -0.591. The van der Waals surface area contributed by atoms with Gasteiger partial charge in [0.25, 0.3) is 0 Å². The van der Waals surface area contributed by atoms with Crippen LogP contribution in [0, 0.1) is 11.1 Å². The summed E-state index contributed by atoms with van der Waals surface area (Å²) in [4.78, 5) is 2.21. The quantitative estimate of drug-likeness (QED) is 0.324. The molecule has 128 valence electrons. The van der Waals surface area contributed by atoms with Gasteiger partial charge >= 0.3 is 0 Å². The molecule has 2 N–H and O–H groups in total. The van der Waals surface area contributed by atoms with Crippen molar-refractivity contribution in [1.29, 1.82) is 0 Å². The third-order valence-corrected chi connectivity index (χ3v) is 6.33. The van der Waals surface area contributed by atoms with Gasteiger partial charge < -0.3 is 20.3 Å². The summed E-state index contributed by atoms with van der Waals surface area (Å²) >= 11 is 0. The number of morpholine rings is 1. The van der Waals surface area contributed by atoms with Crippen LogP contribution in [0.4, 0.5) is 0 Å². The minimum Gasteiger partial charge on any atom is -0.622 e. The molecule has 23 heavy (non-hydrogen) atoms. The summed E-state index contributed by atoms with van der Waals surface area (Å²) in [6.45, 7) is 2.67. The lowest BCUT2D eigenvalue weighted by atomic mass is 9.65. The van der Waals surface area contributed by atoms with Crippen LogP contribution >= 0.6 is 0 Å². The van der Waals surface area contributed by atoms with E-state index in [1.807, 2.05) is 0 Å². The first kappa shape index (κ1) is 15.4. The van der Waals surface area contributed by atoms with Gasteiger partial charge in [0.1, 0.15) is 0 Å². The van der Waals surface area contributed by atoms with E-state index in [2.05, 4.69) is 10.1 Å². The third-order valence-electron chi connectivity index (χ3n) is 6.33. The van der Waals surface area contributed by atoms with Crippen LogP contribution < -0.4 is 0 Å². The maximum atomic E-state index is 13.4. The minimum absolute atomic E-state index is 0.222. The van der Waals surface area contributed by atoms with Crippen LogP contribution in [0.1, 0.15) is 44.9 Å². The minimum atomic E-state index is -1.37. The maximum absolute atomic E-state index is 13.4. The van der Waals surface area contributed by atoms with Crippen LogP contribution in [-0.2, 0) is 4.74 Å². The summed E-state index contributed by atoms with van der Waals surface area (Å²) in [6.07, 6.45) is 5.42. The third kappa shape index (κ3) is 1.87. The molecular formula is C16H25N3O4. The van der Waals surface area contributed by atoms with E-state index in [0.717, 1.165) is 36.8 Å². The van der Waals surface area contributed by atoms with E-state index < -0.39 is 11.3 Å². The molecule has 7 heteroatoms. The van der Waals surface area contributed by atoms with E-state index in [0.29, 0.717) is 50.6 Å². The van der Waals surface area contributed by atoms with Crippen LogP contribution in [0.3, 0.4) is 0 Å². The average Bonchev–Trinajstić information content (AvgIpc) is 2.82. The Bertz CT molecular complexity index is 558. The van der Waals surface area contributed by atoms with Crippen LogP contribution in [0.2, 0.25) is 0 Å². The zero-order chi connectivity index (χ0) is 16.1. The summed E-state index contributed by atoms with van der Waals surface area (Å²) in [7, 11) is 0. The largest absolute Gasteiger partial charge is 0.622 e. The Balaban J connectivity index is 1.85. The molecule has 0 radical (unpaired) electrons. The molecule has 1 saturated heterocycles. The molecule has 3 atom stereocenters. The topological polar surface area (TPSA) is 91.4 Å². The van der Waals surface area contributed by atoms with Crippen molar-refractivity contribution in [2.24, 2.45) is 11.1 Å². The predicted molar refractivity (Wildman–Crippen MR) is 83.7 cm³/mol. The molecule has 0 aromatic heterocycles. The number of nitrogens with zero attached hydrogens (tertiary/aromatic N) is 3. The highest BCUT2D eigenvalue weighted by molar-refractivity contribution is 6.15. The Morgan fingerprint density at radius 2 is 2.00 bits per heavy atom. The monoisotopic (exact) mass is 323 g/mol. The number of hydroxylamine groups is 1. The van der Waals surface area contributed by atoms with Gasteiger partial charge in [-0.3, -0.25) is 0 Å². The van der Waals surface area contributed by atoms with Gasteiger partial charge in [0.2, 0.25) is 11.4 Å². The van der Waals surface area contributed by atoms with Crippen molar-refractivity contribution in [3.8, 4) is 0 Å². The first-order chi connectivity index (χ1) is 11.2. The molecule has 3 fully saturated rings. The Labute approximate surface area is 135 Å². The lowest BCUT2D eigenvalue weighted by Gasteiger charge is -2.47. The van der Waals surface area contributed by atoms with E-state index >= 15 is 0 Å².